The molecule has 0 aliphatic heterocycles. The molecule has 0 bridgehead atoms. The standard InChI is InChI=1S/C27H22ClFN8O2S/c1-13(2)39-27-31-9-16(10-32-27)23-22-24(30)33-12-34-25(22)37(35-23)14(3)18-8-20-36(19(28)11-40-20)26(38)21(18)15-5-4-6-17(29)7-15/h4-14H,1-3H3,(H2,30,33,34)/t14-/m0/s1. The largest absolute Gasteiger partial charge is 0.461 e. The molecule has 0 spiro atoms. The molecule has 0 radical (unpaired) electrons. The molecular formula is C27H22ClFN8O2S. The molecule has 40 heavy (non-hydrogen) atoms. The van der Waals surface area contributed by atoms with E-state index < -0.39 is 11.9 Å². The summed E-state index contributed by atoms with van der Waals surface area (Å²) in [6.45, 7) is 5.66. The Morgan fingerprint density at radius 2 is 1.85 bits per heavy atom. The Morgan fingerprint density at radius 3 is 2.58 bits per heavy atom. The van der Waals surface area contributed by atoms with Crippen LogP contribution in [0.2, 0.25) is 5.15 Å². The minimum absolute atomic E-state index is 0.0808. The topological polar surface area (TPSA) is 126 Å². The highest BCUT2D eigenvalue weighted by Gasteiger charge is 2.26. The highest BCUT2D eigenvalue weighted by atomic mass is 35.5. The summed E-state index contributed by atoms with van der Waals surface area (Å²) in [7, 11) is 0. The van der Waals surface area contributed by atoms with Gasteiger partial charge >= 0.3 is 6.01 Å². The van der Waals surface area contributed by atoms with Gasteiger partial charge in [-0.3, -0.25) is 9.20 Å². The van der Waals surface area contributed by atoms with Crippen molar-refractivity contribution in [2.24, 2.45) is 0 Å². The molecule has 0 saturated heterocycles. The maximum Gasteiger partial charge on any atom is 0.316 e. The predicted octanol–water partition coefficient (Wildman–Crippen LogP) is 5.40. The number of anilines is 1. The van der Waals surface area contributed by atoms with Crippen LogP contribution in [0.4, 0.5) is 10.2 Å². The number of hydrogen-bond acceptors (Lipinski definition) is 9. The number of rotatable bonds is 6. The van der Waals surface area contributed by atoms with E-state index in [0.717, 1.165) is 0 Å². The SMILES string of the molecule is CC(C)Oc1ncc(-c2nn([C@@H](C)c3cc4scc(Cl)n4c(=O)c3-c3cccc(F)c3)c3ncnc(N)c23)cn1. The van der Waals surface area contributed by atoms with Crippen LogP contribution >= 0.6 is 22.9 Å². The zero-order valence-electron chi connectivity index (χ0n) is 21.5. The Hall–Kier alpha value is -4.42. The molecule has 0 amide bonds. The lowest BCUT2D eigenvalue weighted by atomic mass is 9.97. The molecule has 2 N–H and O–H groups in total. The van der Waals surface area contributed by atoms with Crippen LogP contribution in [-0.4, -0.2) is 40.2 Å². The smallest absolute Gasteiger partial charge is 0.316 e. The van der Waals surface area contributed by atoms with Crippen molar-refractivity contribution in [3.63, 3.8) is 0 Å². The van der Waals surface area contributed by atoms with Gasteiger partial charge in [0, 0.05) is 23.3 Å². The highest BCUT2D eigenvalue weighted by Crippen LogP contribution is 2.36. The zero-order valence-corrected chi connectivity index (χ0v) is 23.1. The lowest BCUT2D eigenvalue weighted by Crippen LogP contribution is -2.20. The van der Waals surface area contributed by atoms with Gasteiger partial charge in [0.1, 0.15) is 33.6 Å². The Labute approximate surface area is 235 Å². The molecule has 1 atom stereocenters. The molecule has 0 aliphatic carbocycles. The Balaban J connectivity index is 1.57. The zero-order chi connectivity index (χ0) is 28.1. The molecule has 0 unspecified atom stereocenters. The fourth-order valence-electron chi connectivity index (χ4n) is 4.63. The number of hydrogen-bond donors (Lipinski definition) is 1. The molecule has 0 fully saturated rings. The van der Waals surface area contributed by atoms with E-state index in [-0.39, 0.29) is 28.6 Å². The molecule has 1 aromatic carbocycles. The fraction of sp³-hybridized carbons (Fsp3) is 0.185. The maximum absolute atomic E-state index is 14.3. The number of nitrogens with two attached hydrogens (primary N) is 1. The summed E-state index contributed by atoms with van der Waals surface area (Å²) in [6, 6.07) is 7.47. The van der Waals surface area contributed by atoms with Crippen molar-refractivity contribution in [1.82, 2.24) is 34.1 Å². The maximum atomic E-state index is 14.3. The van der Waals surface area contributed by atoms with Gasteiger partial charge in [-0.2, -0.15) is 5.10 Å². The van der Waals surface area contributed by atoms with E-state index in [1.165, 1.54) is 34.2 Å². The number of pyridine rings is 1. The van der Waals surface area contributed by atoms with E-state index in [2.05, 4.69) is 19.9 Å². The van der Waals surface area contributed by atoms with Crippen molar-refractivity contribution in [3.8, 4) is 28.4 Å². The molecule has 10 nitrogen and oxygen atoms in total. The third-order valence-corrected chi connectivity index (χ3v) is 7.68. The average molecular weight is 577 g/mol. The van der Waals surface area contributed by atoms with E-state index >= 15 is 0 Å². The number of nitrogens with zero attached hydrogens (tertiary/aromatic N) is 7. The lowest BCUT2D eigenvalue weighted by molar-refractivity contribution is 0.222. The normalized spacial score (nSPS) is 12.4. The third kappa shape index (κ3) is 4.34. The summed E-state index contributed by atoms with van der Waals surface area (Å²) in [5, 5.41) is 7.34. The minimum atomic E-state index is -0.535. The lowest BCUT2D eigenvalue weighted by Gasteiger charge is -2.18. The van der Waals surface area contributed by atoms with E-state index in [1.54, 1.807) is 34.6 Å². The van der Waals surface area contributed by atoms with Crippen LogP contribution < -0.4 is 16.0 Å². The summed E-state index contributed by atoms with van der Waals surface area (Å²) in [4.78, 5) is 31.7. The first-order valence-electron chi connectivity index (χ1n) is 12.3. The van der Waals surface area contributed by atoms with Crippen LogP contribution in [-0.2, 0) is 0 Å². The van der Waals surface area contributed by atoms with Crippen LogP contribution in [0, 0.1) is 5.82 Å². The molecule has 0 aliphatic rings. The van der Waals surface area contributed by atoms with Crippen LogP contribution in [0.25, 0.3) is 38.2 Å². The Kier molecular flexibility index (Phi) is 6.43. The number of benzene rings is 1. The van der Waals surface area contributed by atoms with Gasteiger partial charge in [0.25, 0.3) is 5.56 Å². The van der Waals surface area contributed by atoms with Gasteiger partial charge in [0.15, 0.2) is 5.65 Å². The molecular weight excluding hydrogens is 555 g/mol. The quantitative estimate of drug-likeness (QED) is 0.279. The summed E-state index contributed by atoms with van der Waals surface area (Å²) in [5.74, 6) is -0.235. The monoisotopic (exact) mass is 576 g/mol. The number of halogens is 2. The number of ether oxygens (including phenoxy) is 1. The number of fused-ring (bicyclic) bond motifs is 2. The molecule has 6 aromatic rings. The summed E-state index contributed by atoms with van der Waals surface area (Å²) in [5.41, 5.74) is 8.78. The van der Waals surface area contributed by atoms with Crippen molar-refractivity contribution in [3.05, 3.63) is 81.3 Å². The number of thiazole rings is 1. The number of aromatic nitrogens is 7. The molecule has 6 rings (SSSR count). The van der Waals surface area contributed by atoms with E-state index in [1.807, 2.05) is 26.8 Å². The van der Waals surface area contributed by atoms with Gasteiger partial charge in [0.05, 0.1) is 23.1 Å². The van der Waals surface area contributed by atoms with Gasteiger partial charge in [-0.1, -0.05) is 23.7 Å². The van der Waals surface area contributed by atoms with Crippen LogP contribution in [0.3, 0.4) is 0 Å². The van der Waals surface area contributed by atoms with Crippen molar-refractivity contribution in [1.29, 1.82) is 0 Å². The van der Waals surface area contributed by atoms with Crippen molar-refractivity contribution in [2.45, 2.75) is 32.9 Å². The van der Waals surface area contributed by atoms with Crippen molar-refractivity contribution >= 4 is 44.6 Å². The second-order valence-corrected chi connectivity index (χ2v) is 10.6. The van der Waals surface area contributed by atoms with Crippen molar-refractivity contribution < 1.29 is 9.13 Å². The van der Waals surface area contributed by atoms with Gasteiger partial charge in [0.2, 0.25) is 0 Å². The summed E-state index contributed by atoms with van der Waals surface area (Å²) in [6.07, 6.45) is 4.46. The second kappa shape index (κ2) is 9.96. The molecule has 202 valence electrons. The number of nitrogen functional groups attached to an aromatic ring is 1. The van der Waals surface area contributed by atoms with E-state index in [9.17, 15) is 9.18 Å². The first-order chi connectivity index (χ1) is 19.2. The molecule has 0 saturated carbocycles. The van der Waals surface area contributed by atoms with Crippen LogP contribution in [0.5, 0.6) is 6.01 Å². The average Bonchev–Trinajstić information content (AvgIpc) is 3.50. The first kappa shape index (κ1) is 25.8. The van der Waals surface area contributed by atoms with E-state index in [0.29, 0.717) is 43.8 Å². The minimum Gasteiger partial charge on any atom is -0.461 e. The molecule has 13 heteroatoms. The Bertz CT molecular complexity index is 1950. The first-order valence-corrected chi connectivity index (χ1v) is 13.5. The summed E-state index contributed by atoms with van der Waals surface area (Å²) < 4.78 is 23.0. The van der Waals surface area contributed by atoms with Gasteiger partial charge < -0.3 is 10.5 Å². The van der Waals surface area contributed by atoms with Crippen LogP contribution in [0.15, 0.2) is 59.2 Å². The predicted molar refractivity (Wildman–Crippen MR) is 152 cm³/mol. The second-order valence-electron chi connectivity index (χ2n) is 9.37. The summed E-state index contributed by atoms with van der Waals surface area (Å²) >= 11 is 7.68. The highest BCUT2D eigenvalue weighted by molar-refractivity contribution is 7.16. The van der Waals surface area contributed by atoms with Gasteiger partial charge in [-0.15, -0.1) is 11.3 Å². The molecule has 5 heterocycles. The third-order valence-electron chi connectivity index (χ3n) is 6.39. The Morgan fingerprint density at radius 1 is 1.07 bits per heavy atom. The molecule has 5 aromatic heterocycles. The van der Waals surface area contributed by atoms with Gasteiger partial charge in [-0.05, 0) is 50.1 Å². The van der Waals surface area contributed by atoms with Crippen LogP contribution in [0.1, 0.15) is 32.4 Å². The fourth-order valence-corrected chi connectivity index (χ4v) is 5.79. The van der Waals surface area contributed by atoms with Crippen molar-refractivity contribution in [2.75, 3.05) is 5.73 Å². The van der Waals surface area contributed by atoms with Gasteiger partial charge in [-0.25, -0.2) is 29.0 Å². The van der Waals surface area contributed by atoms with E-state index in [4.69, 9.17) is 27.2 Å².